The van der Waals surface area contributed by atoms with E-state index >= 15 is 0 Å². The molecule has 2 aromatic carbocycles. The number of anilines is 3. The Kier molecular flexibility index (Phi) is 10.2. The average molecular weight is 697 g/mol. The summed E-state index contributed by atoms with van der Waals surface area (Å²) in [5, 5.41) is 9.36. The molecule has 2 amide bonds. The number of carbonyl (C=O) groups excluding carboxylic acids is 2. The van der Waals surface area contributed by atoms with Crippen LogP contribution in [0, 0.1) is 19.7 Å². The minimum atomic E-state index is -0.420. The van der Waals surface area contributed by atoms with Crippen LogP contribution in [0.1, 0.15) is 54.9 Å². The summed E-state index contributed by atoms with van der Waals surface area (Å²) in [6, 6.07) is 14.2. The predicted molar refractivity (Wildman–Crippen MR) is 192 cm³/mol. The van der Waals surface area contributed by atoms with E-state index in [0.717, 1.165) is 46.6 Å². The zero-order valence-corrected chi connectivity index (χ0v) is 29.3. The second-order valence-electron chi connectivity index (χ2n) is 12.3. The van der Waals surface area contributed by atoms with Gasteiger partial charge in [-0.15, -0.1) is 0 Å². The van der Waals surface area contributed by atoms with Crippen molar-refractivity contribution in [1.82, 2.24) is 24.4 Å². The number of benzene rings is 2. The van der Waals surface area contributed by atoms with Gasteiger partial charge in [-0.05, 0) is 67.4 Å². The van der Waals surface area contributed by atoms with Gasteiger partial charge >= 0.3 is 0 Å². The van der Waals surface area contributed by atoms with Crippen molar-refractivity contribution in [2.24, 2.45) is 7.05 Å². The highest BCUT2D eigenvalue weighted by Crippen LogP contribution is 2.38. The van der Waals surface area contributed by atoms with E-state index in [0.29, 0.717) is 45.7 Å². The number of nitrogens with one attached hydrogen (secondary N) is 3. The molecule has 13 heteroatoms. The second-order valence-corrected chi connectivity index (χ2v) is 12.7. The number of likely N-dealkylation sites (N-methyl/N-ethyl adjacent to an activating group) is 1. The van der Waals surface area contributed by atoms with Crippen LogP contribution in [0.3, 0.4) is 0 Å². The third-order valence-electron chi connectivity index (χ3n) is 8.92. The van der Waals surface area contributed by atoms with Crippen molar-refractivity contribution in [2.75, 3.05) is 36.7 Å². The van der Waals surface area contributed by atoms with E-state index in [9.17, 15) is 14.0 Å². The number of fused-ring (bicyclic) bond motifs is 1. The fourth-order valence-electron chi connectivity index (χ4n) is 6.10. The second kappa shape index (κ2) is 14.8. The molecule has 0 saturated carbocycles. The molecule has 0 spiro atoms. The van der Waals surface area contributed by atoms with Gasteiger partial charge in [0.15, 0.2) is 11.6 Å². The van der Waals surface area contributed by atoms with Crippen LogP contribution in [-0.2, 0) is 37.9 Å². The molecule has 0 fully saturated rings. The minimum absolute atomic E-state index is 0.196. The molecule has 3 aromatic heterocycles. The molecule has 4 heterocycles. The van der Waals surface area contributed by atoms with Crippen LogP contribution in [-0.4, -0.2) is 56.9 Å². The molecule has 50 heavy (non-hydrogen) atoms. The highest BCUT2D eigenvalue weighted by Gasteiger charge is 2.25. The molecule has 6 rings (SSSR count). The summed E-state index contributed by atoms with van der Waals surface area (Å²) in [4.78, 5) is 42.0. The zero-order valence-electron chi connectivity index (χ0n) is 28.5. The van der Waals surface area contributed by atoms with E-state index in [1.54, 1.807) is 44.5 Å². The number of hydrogen-bond acceptors (Lipinski definition) is 8. The van der Waals surface area contributed by atoms with Gasteiger partial charge in [-0.2, -0.15) is 0 Å². The minimum Gasteiger partial charge on any atom is -0.380 e. The molecule has 258 valence electrons. The van der Waals surface area contributed by atoms with Gasteiger partial charge in [-0.1, -0.05) is 35.9 Å². The molecule has 5 aromatic rings. The molecule has 0 bridgehead atoms. The van der Waals surface area contributed by atoms with Crippen molar-refractivity contribution in [3.8, 4) is 11.1 Å². The molecular weight excluding hydrogens is 659 g/mol. The molecule has 3 N–H and O–H groups in total. The molecule has 0 atom stereocenters. The highest BCUT2D eigenvalue weighted by atomic mass is 35.5. The van der Waals surface area contributed by atoms with Crippen molar-refractivity contribution < 1.29 is 18.7 Å². The fourth-order valence-corrected chi connectivity index (χ4v) is 6.37. The lowest BCUT2D eigenvalue weighted by molar-refractivity contribution is 0.100. The normalized spacial score (nSPS) is 12.8. The number of aryl methyl sites for hydroxylation is 1. The summed E-state index contributed by atoms with van der Waals surface area (Å²) in [5.41, 5.74) is 7.56. The Labute approximate surface area is 294 Å². The number of hydrogen-bond donors (Lipinski definition) is 3. The molecular formula is C37H38ClFN8O3. The molecule has 11 nitrogen and oxygen atoms in total. The van der Waals surface area contributed by atoms with Gasteiger partial charge < -0.3 is 30.2 Å². The Morgan fingerprint density at radius 2 is 1.70 bits per heavy atom. The molecule has 0 unspecified atom stereocenters. The first-order chi connectivity index (χ1) is 24.0. The molecule has 1 aliphatic heterocycles. The predicted octanol–water partition coefficient (Wildman–Crippen LogP) is 6.54. The Morgan fingerprint density at radius 3 is 2.48 bits per heavy atom. The number of halogens is 2. The van der Waals surface area contributed by atoms with Gasteiger partial charge in [-0.3, -0.25) is 19.6 Å². The maximum absolute atomic E-state index is 14.5. The van der Waals surface area contributed by atoms with E-state index in [-0.39, 0.29) is 24.8 Å². The van der Waals surface area contributed by atoms with Gasteiger partial charge in [0.1, 0.15) is 5.69 Å². The number of carbonyl (C=O) groups is 2. The van der Waals surface area contributed by atoms with Crippen molar-refractivity contribution >= 4 is 40.5 Å². The maximum Gasteiger partial charge on any atom is 0.291 e. The summed E-state index contributed by atoms with van der Waals surface area (Å²) < 4.78 is 21.7. The fraction of sp³-hybridized carbons (Fsp3) is 0.270. The number of rotatable bonds is 10. The van der Waals surface area contributed by atoms with Crippen molar-refractivity contribution in [3.63, 3.8) is 0 Å². The van der Waals surface area contributed by atoms with Gasteiger partial charge in [-0.25, -0.2) is 9.37 Å². The third kappa shape index (κ3) is 7.09. The standard InChI is InChI=1S/C37H38ClFN8O3/c1-21-25(26-9-7-11-28(33(26)38)45-37(49)35-43-31-19-46(3)15-13-32(31)47(35)4)8-6-10-27(21)44-36(48)30-16-23(20-50-5)24(18-42-30)17-41-29-12-14-40-22(2)34(29)39/h6-12,14,16,18H,13,15,17,19-20H2,1-5H3,(H,40,41)(H,44,48)(H,45,49). The lowest BCUT2D eigenvalue weighted by Gasteiger charge is -2.21. The average Bonchev–Trinajstić information content (AvgIpc) is 3.43. The van der Waals surface area contributed by atoms with Crippen molar-refractivity contribution in [2.45, 2.75) is 40.0 Å². The van der Waals surface area contributed by atoms with Crippen molar-refractivity contribution in [1.29, 1.82) is 0 Å². The molecule has 0 radical (unpaired) electrons. The van der Waals surface area contributed by atoms with Crippen LogP contribution in [0.15, 0.2) is 60.9 Å². The van der Waals surface area contributed by atoms with E-state index in [2.05, 4.69) is 35.8 Å². The maximum atomic E-state index is 14.5. The Balaban J connectivity index is 1.19. The summed E-state index contributed by atoms with van der Waals surface area (Å²) in [7, 11) is 5.46. The van der Waals surface area contributed by atoms with E-state index in [1.807, 2.05) is 49.9 Å². The van der Waals surface area contributed by atoms with E-state index in [4.69, 9.17) is 16.3 Å². The topological polar surface area (TPSA) is 126 Å². The zero-order chi connectivity index (χ0) is 35.5. The summed E-state index contributed by atoms with van der Waals surface area (Å²) in [5.74, 6) is -0.843. The number of imidazole rings is 1. The van der Waals surface area contributed by atoms with Crippen LogP contribution >= 0.6 is 11.6 Å². The first-order valence-electron chi connectivity index (χ1n) is 16.1. The van der Waals surface area contributed by atoms with Crippen LogP contribution in [0.25, 0.3) is 11.1 Å². The summed E-state index contributed by atoms with van der Waals surface area (Å²) >= 11 is 6.92. The number of ether oxygens (including phenoxy) is 1. The number of pyridine rings is 2. The van der Waals surface area contributed by atoms with E-state index < -0.39 is 11.7 Å². The first-order valence-corrected chi connectivity index (χ1v) is 16.5. The van der Waals surface area contributed by atoms with Crippen molar-refractivity contribution in [3.05, 3.63) is 117 Å². The Morgan fingerprint density at radius 1 is 0.960 bits per heavy atom. The van der Waals surface area contributed by atoms with Gasteiger partial charge in [0.05, 0.1) is 34.4 Å². The number of nitrogens with zero attached hydrogens (tertiary/aromatic N) is 5. The third-order valence-corrected chi connectivity index (χ3v) is 9.32. The lowest BCUT2D eigenvalue weighted by atomic mass is 9.98. The molecule has 1 aliphatic rings. The first kappa shape index (κ1) is 34.7. The Bertz CT molecular complexity index is 2100. The highest BCUT2D eigenvalue weighted by molar-refractivity contribution is 6.36. The smallest absolute Gasteiger partial charge is 0.291 e. The lowest BCUT2D eigenvalue weighted by Crippen LogP contribution is -2.27. The summed E-state index contributed by atoms with van der Waals surface area (Å²) in [6.45, 7) is 5.60. The monoisotopic (exact) mass is 696 g/mol. The molecule has 0 aliphatic carbocycles. The number of amides is 2. The molecule has 0 saturated heterocycles. The Hall–Kier alpha value is -5.17. The quantitative estimate of drug-likeness (QED) is 0.150. The van der Waals surface area contributed by atoms with Crippen LogP contribution in [0.5, 0.6) is 0 Å². The van der Waals surface area contributed by atoms with Gasteiger partial charge in [0, 0.05) is 69.6 Å². The van der Waals surface area contributed by atoms with E-state index in [1.165, 1.54) is 6.20 Å². The largest absolute Gasteiger partial charge is 0.380 e. The number of aromatic nitrogens is 4. The van der Waals surface area contributed by atoms with Gasteiger partial charge in [0.2, 0.25) is 0 Å². The van der Waals surface area contributed by atoms with Gasteiger partial charge in [0.25, 0.3) is 11.8 Å². The van der Waals surface area contributed by atoms with Crippen LogP contribution in [0.2, 0.25) is 5.02 Å². The SMILES string of the molecule is COCc1cc(C(=O)Nc2cccc(-c3cccc(NC(=O)c4nc5c(n4C)CCN(C)C5)c3Cl)c2C)ncc1CNc1ccnc(C)c1F. The summed E-state index contributed by atoms with van der Waals surface area (Å²) in [6.07, 6.45) is 3.95. The van der Waals surface area contributed by atoms with Crippen LogP contribution < -0.4 is 16.0 Å². The van der Waals surface area contributed by atoms with Crippen LogP contribution in [0.4, 0.5) is 21.5 Å². The number of methoxy groups -OCH3 is 1.